The van der Waals surface area contributed by atoms with Gasteiger partial charge in [-0.1, -0.05) is 13.8 Å². The molecule has 2 heterocycles. The van der Waals surface area contributed by atoms with Crippen LogP contribution in [0.4, 0.5) is 5.82 Å². The molecule has 0 amide bonds. The largest absolute Gasteiger partial charge is 0.363 e. The predicted octanol–water partition coefficient (Wildman–Crippen LogP) is 1.45. The van der Waals surface area contributed by atoms with Gasteiger partial charge in [0.1, 0.15) is 0 Å². The van der Waals surface area contributed by atoms with Crippen molar-refractivity contribution in [1.82, 2.24) is 14.9 Å². The summed E-state index contributed by atoms with van der Waals surface area (Å²) in [5, 5.41) is 6.69. The van der Waals surface area contributed by atoms with Crippen LogP contribution in [0.15, 0.2) is 17.2 Å². The van der Waals surface area contributed by atoms with E-state index in [2.05, 4.69) is 29.5 Å². The van der Waals surface area contributed by atoms with Crippen molar-refractivity contribution in [3.05, 3.63) is 22.7 Å². The Labute approximate surface area is 114 Å². The van der Waals surface area contributed by atoms with Crippen molar-refractivity contribution in [3.63, 3.8) is 0 Å². The SMILES string of the molecule is CC(C)Cn1ccnc(NC2CCCNCC2)c1=O. The topological polar surface area (TPSA) is 59.0 Å². The molecule has 106 valence electrons. The van der Waals surface area contributed by atoms with Crippen LogP contribution in [0, 0.1) is 5.92 Å². The van der Waals surface area contributed by atoms with Crippen LogP contribution in [0.1, 0.15) is 33.1 Å². The molecule has 0 spiro atoms. The van der Waals surface area contributed by atoms with Crippen molar-refractivity contribution in [2.24, 2.45) is 5.92 Å². The fourth-order valence-corrected chi connectivity index (χ4v) is 2.44. The van der Waals surface area contributed by atoms with E-state index in [0.717, 1.165) is 38.9 Å². The van der Waals surface area contributed by atoms with Crippen molar-refractivity contribution < 1.29 is 0 Å². The van der Waals surface area contributed by atoms with E-state index in [-0.39, 0.29) is 5.56 Å². The third-order valence-corrected chi connectivity index (χ3v) is 3.39. The molecular formula is C14H24N4O. The zero-order valence-electron chi connectivity index (χ0n) is 11.9. The zero-order chi connectivity index (χ0) is 13.7. The molecule has 0 saturated carbocycles. The summed E-state index contributed by atoms with van der Waals surface area (Å²) in [6.07, 6.45) is 6.75. The van der Waals surface area contributed by atoms with Gasteiger partial charge in [0.25, 0.3) is 5.56 Å². The maximum atomic E-state index is 12.3. The van der Waals surface area contributed by atoms with E-state index in [1.807, 2.05) is 0 Å². The minimum atomic E-state index is -0.00611. The average molecular weight is 264 g/mol. The van der Waals surface area contributed by atoms with Crippen molar-refractivity contribution in [1.29, 1.82) is 0 Å². The summed E-state index contributed by atoms with van der Waals surface area (Å²) in [5.74, 6) is 0.949. The molecular weight excluding hydrogens is 240 g/mol. The first kappa shape index (κ1) is 14.1. The van der Waals surface area contributed by atoms with Gasteiger partial charge in [-0.05, 0) is 38.3 Å². The first-order valence-corrected chi connectivity index (χ1v) is 7.19. The third kappa shape index (κ3) is 4.06. The molecule has 1 atom stereocenters. The van der Waals surface area contributed by atoms with Gasteiger partial charge >= 0.3 is 0 Å². The van der Waals surface area contributed by atoms with E-state index >= 15 is 0 Å². The van der Waals surface area contributed by atoms with E-state index in [4.69, 9.17) is 0 Å². The summed E-state index contributed by atoms with van der Waals surface area (Å²) in [6, 6.07) is 0.352. The van der Waals surface area contributed by atoms with Gasteiger partial charge < -0.3 is 15.2 Å². The molecule has 1 unspecified atom stereocenters. The molecule has 0 bridgehead atoms. The lowest BCUT2D eigenvalue weighted by molar-refractivity contribution is 0.508. The number of hydrogen-bond donors (Lipinski definition) is 2. The Morgan fingerprint density at radius 1 is 1.47 bits per heavy atom. The Bertz CT molecular complexity index is 447. The maximum absolute atomic E-state index is 12.3. The Morgan fingerprint density at radius 2 is 2.32 bits per heavy atom. The smallest absolute Gasteiger partial charge is 0.293 e. The van der Waals surface area contributed by atoms with Crippen molar-refractivity contribution >= 4 is 5.82 Å². The van der Waals surface area contributed by atoms with Crippen LogP contribution in [0.5, 0.6) is 0 Å². The lowest BCUT2D eigenvalue weighted by atomic mass is 10.1. The van der Waals surface area contributed by atoms with E-state index in [1.165, 1.54) is 0 Å². The Balaban J connectivity index is 2.09. The highest BCUT2D eigenvalue weighted by atomic mass is 16.1. The summed E-state index contributed by atoms with van der Waals surface area (Å²) in [6.45, 7) is 7.03. The molecule has 2 N–H and O–H groups in total. The first-order chi connectivity index (χ1) is 9.16. The normalized spacial score (nSPS) is 20.3. The lowest BCUT2D eigenvalue weighted by Gasteiger charge is -2.17. The number of nitrogens with one attached hydrogen (secondary N) is 2. The first-order valence-electron chi connectivity index (χ1n) is 7.19. The van der Waals surface area contributed by atoms with Gasteiger partial charge in [0.2, 0.25) is 0 Å². The van der Waals surface area contributed by atoms with Gasteiger partial charge in [0.15, 0.2) is 5.82 Å². The fraction of sp³-hybridized carbons (Fsp3) is 0.714. The zero-order valence-corrected chi connectivity index (χ0v) is 11.9. The molecule has 0 radical (unpaired) electrons. The van der Waals surface area contributed by atoms with Crippen LogP contribution in [0.3, 0.4) is 0 Å². The van der Waals surface area contributed by atoms with Crippen molar-refractivity contribution in [2.75, 3.05) is 18.4 Å². The van der Waals surface area contributed by atoms with Gasteiger partial charge in [-0.15, -0.1) is 0 Å². The highest BCUT2D eigenvalue weighted by Gasteiger charge is 2.14. The highest BCUT2D eigenvalue weighted by Crippen LogP contribution is 2.09. The Hall–Kier alpha value is -1.36. The van der Waals surface area contributed by atoms with Gasteiger partial charge in [-0.25, -0.2) is 4.98 Å². The second-order valence-electron chi connectivity index (χ2n) is 5.65. The van der Waals surface area contributed by atoms with Crippen LogP contribution in [-0.2, 0) is 6.54 Å². The summed E-state index contributed by atoms with van der Waals surface area (Å²) in [7, 11) is 0. The number of hydrogen-bond acceptors (Lipinski definition) is 4. The monoisotopic (exact) mass is 264 g/mol. The van der Waals surface area contributed by atoms with E-state index in [1.54, 1.807) is 17.0 Å². The third-order valence-electron chi connectivity index (χ3n) is 3.39. The molecule has 1 aliphatic heterocycles. The number of rotatable bonds is 4. The molecule has 1 aromatic rings. The molecule has 1 fully saturated rings. The van der Waals surface area contributed by atoms with Crippen LogP contribution >= 0.6 is 0 Å². The minimum Gasteiger partial charge on any atom is -0.363 e. The minimum absolute atomic E-state index is 0.00611. The van der Waals surface area contributed by atoms with Crippen molar-refractivity contribution in [2.45, 2.75) is 45.7 Å². The average Bonchev–Trinajstić information content (AvgIpc) is 2.62. The van der Waals surface area contributed by atoms with Crippen LogP contribution in [-0.4, -0.2) is 28.7 Å². The van der Waals surface area contributed by atoms with E-state index in [9.17, 15) is 4.79 Å². The lowest BCUT2D eigenvalue weighted by Crippen LogP contribution is -2.30. The predicted molar refractivity (Wildman–Crippen MR) is 77.5 cm³/mol. The molecule has 19 heavy (non-hydrogen) atoms. The number of anilines is 1. The quantitative estimate of drug-likeness (QED) is 0.864. The van der Waals surface area contributed by atoms with Gasteiger partial charge in [-0.3, -0.25) is 4.79 Å². The molecule has 1 aliphatic rings. The molecule has 5 heteroatoms. The van der Waals surface area contributed by atoms with E-state index < -0.39 is 0 Å². The van der Waals surface area contributed by atoms with Crippen LogP contribution < -0.4 is 16.2 Å². The molecule has 5 nitrogen and oxygen atoms in total. The highest BCUT2D eigenvalue weighted by molar-refractivity contribution is 5.32. The van der Waals surface area contributed by atoms with Crippen LogP contribution in [0.25, 0.3) is 0 Å². The maximum Gasteiger partial charge on any atom is 0.293 e. The van der Waals surface area contributed by atoms with Gasteiger partial charge in [-0.2, -0.15) is 0 Å². The molecule has 0 aliphatic carbocycles. The standard InChI is InChI=1S/C14H24N4O/c1-11(2)10-18-9-8-16-13(14(18)19)17-12-4-3-6-15-7-5-12/h8-9,11-12,15H,3-7,10H2,1-2H3,(H,16,17). The summed E-state index contributed by atoms with van der Waals surface area (Å²) >= 11 is 0. The Morgan fingerprint density at radius 3 is 3.11 bits per heavy atom. The second-order valence-corrected chi connectivity index (χ2v) is 5.65. The Kier molecular flexibility index (Phi) is 4.96. The number of nitrogens with zero attached hydrogens (tertiary/aromatic N) is 2. The number of aromatic nitrogens is 2. The molecule has 1 aromatic heterocycles. The molecule has 0 aromatic carbocycles. The summed E-state index contributed by atoms with van der Waals surface area (Å²) in [4.78, 5) is 16.5. The van der Waals surface area contributed by atoms with E-state index in [0.29, 0.717) is 17.8 Å². The summed E-state index contributed by atoms with van der Waals surface area (Å²) in [5.41, 5.74) is -0.00611. The fourth-order valence-electron chi connectivity index (χ4n) is 2.44. The van der Waals surface area contributed by atoms with Crippen LogP contribution in [0.2, 0.25) is 0 Å². The van der Waals surface area contributed by atoms with Gasteiger partial charge in [0.05, 0.1) is 0 Å². The van der Waals surface area contributed by atoms with Gasteiger partial charge in [0, 0.05) is 25.0 Å². The molecule has 2 rings (SSSR count). The molecule has 1 saturated heterocycles. The summed E-state index contributed by atoms with van der Waals surface area (Å²) < 4.78 is 1.74. The second kappa shape index (κ2) is 6.70. The van der Waals surface area contributed by atoms with Crippen molar-refractivity contribution in [3.8, 4) is 0 Å².